The molecular formula is C7H13N3. The molecule has 1 heterocycles. The van der Waals surface area contributed by atoms with Crippen molar-refractivity contribution in [2.45, 2.75) is 20.4 Å². The van der Waals surface area contributed by atoms with Gasteiger partial charge in [-0.2, -0.15) is 0 Å². The first-order valence-electron chi connectivity index (χ1n) is 3.45. The predicted octanol–water partition coefficient (Wildman–Crippen LogP) is 1.12. The van der Waals surface area contributed by atoms with Crippen molar-refractivity contribution < 1.29 is 0 Å². The molecule has 3 heteroatoms. The monoisotopic (exact) mass is 139 g/mol. The summed E-state index contributed by atoms with van der Waals surface area (Å²) in [5, 5.41) is 0. The minimum Gasteiger partial charge on any atom is -0.382 e. The van der Waals surface area contributed by atoms with Crippen LogP contribution in [-0.2, 0) is 6.54 Å². The molecule has 0 spiro atoms. The van der Waals surface area contributed by atoms with E-state index in [4.69, 9.17) is 5.73 Å². The SMILES string of the molecule is CC(C)Cn1cnc(N)c1. The zero-order valence-corrected chi connectivity index (χ0v) is 6.41. The minimum absolute atomic E-state index is 0.598. The van der Waals surface area contributed by atoms with Gasteiger partial charge in [-0.05, 0) is 5.92 Å². The Labute approximate surface area is 60.9 Å². The lowest BCUT2D eigenvalue weighted by Gasteiger charge is -2.03. The Hall–Kier alpha value is -0.990. The highest BCUT2D eigenvalue weighted by molar-refractivity contribution is 5.22. The molecule has 0 fully saturated rings. The van der Waals surface area contributed by atoms with Crippen LogP contribution in [0, 0.1) is 5.92 Å². The fraction of sp³-hybridized carbons (Fsp3) is 0.571. The van der Waals surface area contributed by atoms with Crippen molar-refractivity contribution in [3.63, 3.8) is 0 Å². The summed E-state index contributed by atoms with van der Waals surface area (Å²) in [5.41, 5.74) is 5.42. The highest BCUT2D eigenvalue weighted by Gasteiger charge is 1.95. The van der Waals surface area contributed by atoms with E-state index >= 15 is 0 Å². The largest absolute Gasteiger partial charge is 0.382 e. The second kappa shape index (κ2) is 2.73. The lowest BCUT2D eigenvalue weighted by Crippen LogP contribution is -2.01. The summed E-state index contributed by atoms with van der Waals surface area (Å²) in [6.45, 7) is 5.32. The molecule has 0 bridgehead atoms. The minimum atomic E-state index is 0.598. The number of aromatic nitrogens is 2. The van der Waals surface area contributed by atoms with Gasteiger partial charge in [-0.25, -0.2) is 4.98 Å². The van der Waals surface area contributed by atoms with Crippen LogP contribution in [-0.4, -0.2) is 9.55 Å². The Bertz CT molecular complexity index is 202. The summed E-state index contributed by atoms with van der Waals surface area (Å²) >= 11 is 0. The van der Waals surface area contributed by atoms with E-state index in [1.165, 1.54) is 0 Å². The van der Waals surface area contributed by atoms with Crippen LogP contribution in [0.15, 0.2) is 12.5 Å². The highest BCUT2D eigenvalue weighted by atomic mass is 15.1. The molecule has 3 nitrogen and oxygen atoms in total. The second-order valence-corrected chi connectivity index (χ2v) is 2.89. The molecule has 1 aromatic rings. The fourth-order valence-corrected chi connectivity index (χ4v) is 0.899. The molecule has 56 valence electrons. The smallest absolute Gasteiger partial charge is 0.141 e. The number of imidazole rings is 1. The van der Waals surface area contributed by atoms with Gasteiger partial charge in [0.1, 0.15) is 5.82 Å². The van der Waals surface area contributed by atoms with Gasteiger partial charge < -0.3 is 10.3 Å². The molecule has 0 unspecified atom stereocenters. The molecule has 2 N–H and O–H groups in total. The van der Waals surface area contributed by atoms with Crippen LogP contribution in [0.4, 0.5) is 5.82 Å². The highest BCUT2D eigenvalue weighted by Crippen LogP contribution is 2.01. The lowest BCUT2D eigenvalue weighted by atomic mass is 10.2. The molecule has 0 saturated heterocycles. The van der Waals surface area contributed by atoms with E-state index in [2.05, 4.69) is 18.8 Å². The zero-order valence-electron chi connectivity index (χ0n) is 6.41. The van der Waals surface area contributed by atoms with E-state index in [-0.39, 0.29) is 0 Å². The van der Waals surface area contributed by atoms with Crippen LogP contribution in [0.1, 0.15) is 13.8 Å². The molecule has 0 atom stereocenters. The first-order chi connectivity index (χ1) is 4.68. The maximum absolute atomic E-state index is 5.42. The van der Waals surface area contributed by atoms with E-state index in [0.29, 0.717) is 11.7 Å². The van der Waals surface area contributed by atoms with Gasteiger partial charge in [0.25, 0.3) is 0 Å². The van der Waals surface area contributed by atoms with Gasteiger partial charge in [-0.1, -0.05) is 13.8 Å². The van der Waals surface area contributed by atoms with Crippen molar-refractivity contribution in [2.75, 3.05) is 5.73 Å². The van der Waals surface area contributed by atoms with Gasteiger partial charge >= 0.3 is 0 Å². The van der Waals surface area contributed by atoms with Crippen LogP contribution in [0.3, 0.4) is 0 Å². The maximum Gasteiger partial charge on any atom is 0.141 e. The van der Waals surface area contributed by atoms with Crippen molar-refractivity contribution in [1.29, 1.82) is 0 Å². The topological polar surface area (TPSA) is 43.8 Å². The summed E-state index contributed by atoms with van der Waals surface area (Å²) in [4.78, 5) is 3.91. The van der Waals surface area contributed by atoms with Gasteiger partial charge in [0.15, 0.2) is 0 Å². The maximum atomic E-state index is 5.42. The standard InChI is InChI=1S/C7H13N3/c1-6(2)3-10-4-7(8)9-5-10/h4-6H,3,8H2,1-2H3. The summed E-state index contributed by atoms with van der Waals surface area (Å²) in [6.07, 6.45) is 3.61. The molecule has 0 aliphatic heterocycles. The van der Waals surface area contributed by atoms with Gasteiger partial charge in [0.05, 0.1) is 6.33 Å². The average molecular weight is 139 g/mol. The average Bonchev–Trinajstić information content (AvgIpc) is 2.13. The third kappa shape index (κ3) is 1.76. The van der Waals surface area contributed by atoms with Crippen molar-refractivity contribution in [2.24, 2.45) is 5.92 Å². The van der Waals surface area contributed by atoms with Crippen molar-refractivity contribution >= 4 is 5.82 Å². The van der Waals surface area contributed by atoms with Crippen LogP contribution >= 0.6 is 0 Å². The van der Waals surface area contributed by atoms with E-state index in [1.54, 1.807) is 6.33 Å². The van der Waals surface area contributed by atoms with E-state index in [9.17, 15) is 0 Å². The molecule has 0 aliphatic rings. The molecule has 0 aliphatic carbocycles. The van der Waals surface area contributed by atoms with Gasteiger partial charge in [-0.15, -0.1) is 0 Å². The molecule has 0 radical (unpaired) electrons. The number of hydrogen-bond acceptors (Lipinski definition) is 2. The van der Waals surface area contributed by atoms with Crippen molar-refractivity contribution in [3.05, 3.63) is 12.5 Å². The van der Waals surface area contributed by atoms with Gasteiger partial charge in [-0.3, -0.25) is 0 Å². The third-order valence-electron chi connectivity index (χ3n) is 1.23. The number of hydrogen-bond donors (Lipinski definition) is 1. The Balaban J connectivity index is 2.58. The van der Waals surface area contributed by atoms with Crippen molar-refractivity contribution in [3.8, 4) is 0 Å². The second-order valence-electron chi connectivity index (χ2n) is 2.89. The van der Waals surface area contributed by atoms with Crippen LogP contribution in [0.5, 0.6) is 0 Å². The number of nitrogens with zero attached hydrogens (tertiary/aromatic N) is 2. The van der Waals surface area contributed by atoms with E-state index in [1.807, 2.05) is 10.8 Å². The molecule has 0 aromatic carbocycles. The molecule has 10 heavy (non-hydrogen) atoms. The molecule has 1 aromatic heterocycles. The number of nitrogen functional groups attached to an aromatic ring is 1. The number of nitrogens with two attached hydrogens (primary N) is 1. The first kappa shape index (κ1) is 7.12. The third-order valence-corrected chi connectivity index (χ3v) is 1.23. The summed E-state index contributed by atoms with van der Waals surface area (Å²) < 4.78 is 2.00. The molecule has 0 amide bonds. The summed E-state index contributed by atoms with van der Waals surface area (Å²) in [6, 6.07) is 0. The fourth-order valence-electron chi connectivity index (χ4n) is 0.899. The van der Waals surface area contributed by atoms with Crippen LogP contribution in [0.25, 0.3) is 0 Å². The molecular weight excluding hydrogens is 126 g/mol. The quantitative estimate of drug-likeness (QED) is 0.667. The van der Waals surface area contributed by atoms with Gasteiger partial charge in [0, 0.05) is 12.7 Å². The van der Waals surface area contributed by atoms with Crippen LogP contribution in [0.2, 0.25) is 0 Å². The normalized spacial score (nSPS) is 10.7. The lowest BCUT2D eigenvalue weighted by molar-refractivity contribution is 0.523. The predicted molar refractivity (Wildman–Crippen MR) is 41.5 cm³/mol. The van der Waals surface area contributed by atoms with Crippen LogP contribution < -0.4 is 5.73 Å². The Morgan fingerprint density at radius 3 is 2.80 bits per heavy atom. The first-order valence-corrected chi connectivity index (χ1v) is 3.45. The molecule has 1 rings (SSSR count). The van der Waals surface area contributed by atoms with E-state index < -0.39 is 0 Å². The van der Waals surface area contributed by atoms with Gasteiger partial charge in [0.2, 0.25) is 0 Å². The summed E-state index contributed by atoms with van der Waals surface area (Å²) in [7, 11) is 0. The summed E-state index contributed by atoms with van der Waals surface area (Å²) in [5.74, 6) is 1.24. The van der Waals surface area contributed by atoms with E-state index in [0.717, 1.165) is 6.54 Å². The number of rotatable bonds is 2. The Morgan fingerprint density at radius 1 is 1.70 bits per heavy atom. The zero-order chi connectivity index (χ0) is 7.56. The number of anilines is 1. The Morgan fingerprint density at radius 2 is 2.40 bits per heavy atom. The molecule has 0 saturated carbocycles. The van der Waals surface area contributed by atoms with Crippen molar-refractivity contribution in [1.82, 2.24) is 9.55 Å². The Kier molecular flexibility index (Phi) is 1.94.